The van der Waals surface area contributed by atoms with Crippen LogP contribution in [0.3, 0.4) is 0 Å². The van der Waals surface area contributed by atoms with Crippen LogP contribution in [-0.2, 0) is 16.6 Å². The zero-order chi connectivity index (χ0) is 15.5. The minimum absolute atomic E-state index is 0.113. The Bertz CT molecular complexity index is 730. The Hall–Kier alpha value is -1.56. The summed E-state index contributed by atoms with van der Waals surface area (Å²) in [6.07, 6.45) is 0. The van der Waals surface area contributed by atoms with Crippen LogP contribution in [0, 0.1) is 6.92 Å². The Morgan fingerprint density at radius 3 is 2.48 bits per heavy atom. The van der Waals surface area contributed by atoms with Crippen molar-refractivity contribution in [1.29, 1.82) is 0 Å². The second-order valence-electron chi connectivity index (χ2n) is 4.55. The van der Waals surface area contributed by atoms with Crippen molar-refractivity contribution in [3.05, 3.63) is 58.6 Å². The van der Waals surface area contributed by atoms with E-state index in [0.717, 1.165) is 5.56 Å². The van der Waals surface area contributed by atoms with Crippen molar-refractivity contribution in [3.63, 3.8) is 0 Å². The van der Waals surface area contributed by atoms with Gasteiger partial charge in [-0.2, -0.15) is 0 Å². The van der Waals surface area contributed by atoms with E-state index in [0.29, 0.717) is 16.3 Å². The molecule has 0 atom stereocenters. The molecule has 0 fully saturated rings. The van der Waals surface area contributed by atoms with E-state index in [4.69, 9.17) is 16.3 Å². The highest BCUT2D eigenvalue weighted by Crippen LogP contribution is 2.27. The molecule has 0 aromatic heterocycles. The van der Waals surface area contributed by atoms with E-state index in [1.165, 1.54) is 0 Å². The molecule has 0 aliphatic rings. The maximum Gasteiger partial charge on any atom is 0.240 e. The van der Waals surface area contributed by atoms with Gasteiger partial charge in [-0.1, -0.05) is 29.8 Å². The molecule has 2 aromatic rings. The summed E-state index contributed by atoms with van der Waals surface area (Å²) in [6.45, 7) is 1.97. The third-order valence-corrected chi connectivity index (χ3v) is 4.66. The van der Waals surface area contributed by atoms with E-state index >= 15 is 0 Å². The summed E-state index contributed by atoms with van der Waals surface area (Å²) in [5, 5.41) is 0.544. The normalized spacial score (nSPS) is 11.4. The second kappa shape index (κ2) is 6.47. The first-order chi connectivity index (χ1) is 9.94. The number of aryl methyl sites for hydroxylation is 1. The van der Waals surface area contributed by atoms with E-state index in [1.807, 2.05) is 6.92 Å². The van der Waals surface area contributed by atoms with E-state index in [9.17, 15) is 8.42 Å². The van der Waals surface area contributed by atoms with Gasteiger partial charge in [0.15, 0.2) is 0 Å². The fourth-order valence-electron chi connectivity index (χ4n) is 2.08. The van der Waals surface area contributed by atoms with E-state index in [2.05, 4.69) is 4.72 Å². The van der Waals surface area contributed by atoms with Crippen LogP contribution in [0.25, 0.3) is 0 Å². The standard InChI is InChI=1S/C15H16ClNO3S/c1-11-8-13(16)9-12(15(11)20-2)10-17-21(18,19)14-6-4-3-5-7-14/h3-9,17H,10H2,1-2H3. The number of ether oxygens (including phenoxy) is 1. The zero-order valence-corrected chi connectivity index (χ0v) is 13.3. The third kappa shape index (κ3) is 3.75. The molecule has 0 bridgehead atoms. The molecule has 0 heterocycles. The molecule has 2 aromatic carbocycles. The van der Waals surface area contributed by atoms with Gasteiger partial charge >= 0.3 is 0 Å². The van der Waals surface area contributed by atoms with Crippen molar-refractivity contribution in [3.8, 4) is 5.75 Å². The van der Waals surface area contributed by atoms with Crippen LogP contribution >= 0.6 is 11.6 Å². The average molecular weight is 326 g/mol. The molecule has 1 N–H and O–H groups in total. The van der Waals surface area contributed by atoms with Gasteiger partial charge in [-0.05, 0) is 36.8 Å². The van der Waals surface area contributed by atoms with Gasteiger partial charge in [0.25, 0.3) is 0 Å². The van der Waals surface area contributed by atoms with Crippen molar-refractivity contribution in [1.82, 2.24) is 4.72 Å². The lowest BCUT2D eigenvalue weighted by molar-refractivity contribution is 0.406. The van der Waals surface area contributed by atoms with Gasteiger partial charge in [-0.25, -0.2) is 13.1 Å². The number of methoxy groups -OCH3 is 1. The summed E-state index contributed by atoms with van der Waals surface area (Å²) in [6, 6.07) is 11.7. The van der Waals surface area contributed by atoms with E-state index in [-0.39, 0.29) is 11.4 Å². The molecule has 0 spiro atoms. The van der Waals surface area contributed by atoms with Crippen LogP contribution in [0.2, 0.25) is 5.02 Å². The monoisotopic (exact) mass is 325 g/mol. The predicted octanol–water partition coefficient (Wildman–Crippen LogP) is 3.14. The van der Waals surface area contributed by atoms with Gasteiger partial charge in [0.2, 0.25) is 10.0 Å². The summed E-state index contributed by atoms with van der Waals surface area (Å²) in [5.41, 5.74) is 1.56. The maximum absolute atomic E-state index is 12.2. The smallest absolute Gasteiger partial charge is 0.240 e. The molecular weight excluding hydrogens is 310 g/mol. The van der Waals surface area contributed by atoms with Crippen molar-refractivity contribution in [2.45, 2.75) is 18.4 Å². The number of nitrogens with one attached hydrogen (secondary N) is 1. The first-order valence-corrected chi connectivity index (χ1v) is 8.18. The minimum atomic E-state index is -3.56. The molecule has 0 unspecified atom stereocenters. The Morgan fingerprint density at radius 2 is 1.86 bits per heavy atom. The number of rotatable bonds is 5. The highest BCUT2D eigenvalue weighted by molar-refractivity contribution is 7.89. The molecular formula is C15H16ClNO3S. The highest BCUT2D eigenvalue weighted by atomic mass is 35.5. The molecule has 6 heteroatoms. The molecule has 112 valence electrons. The lowest BCUT2D eigenvalue weighted by atomic mass is 10.1. The molecule has 0 aliphatic carbocycles. The fraction of sp³-hybridized carbons (Fsp3) is 0.200. The second-order valence-corrected chi connectivity index (χ2v) is 6.76. The quantitative estimate of drug-likeness (QED) is 0.918. The van der Waals surface area contributed by atoms with Crippen LogP contribution in [-0.4, -0.2) is 15.5 Å². The predicted molar refractivity (Wildman–Crippen MR) is 83.2 cm³/mol. The van der Waals surface area contributed by atoms with Crippen molar-refractivity contribution < 1.29 is 13.2 Å². The molecule has 21 heavy (non-hydrogen) atoms. The van der Waals surface area contributed by atoms with Crippen molar-refractivity contribution in [2.24, 2.45) is 0 Å². The summed E-state index contributed by atoms with van der Waals surface area (Å²) >= 11 is 6.01. The van der Waals surface area contributed by atoms with Gasteiger partial charge in [-0.15, -0.1) is 0 Å². The highest BCUT2D eigenvalue weighted by Gasteiger charge is 2.15. The molecule has 0 radical (unpaired) electrons. The number of hydrogen-bond acceptors (Lipinski definition) is 3. The van der Waals surface area contributed by atoms with Crippen LogP contribution in [0.1, 0.15) is 11.1 Å². The SMILES string of the molecule is COc1c(C)cc(Cl)cc1CNS(=O)(=O)c1ccccc1. The molecule has 0 amide bonds. The van der Waals surface area contributed by atoms with Gasteiger partial charge in [0.1, 0.15) is 5.75 Å². The number of halogens is 1. The largest absolute Gasteiger partial charge is 0.496 e. The topological polar surface area (TPSA) is 55.4 Å². The Morgan fingerprint density at radius 1 is 1.19 bits per heavy atom. The van der Waals surface area contributed by atoms with Gasteiger partial charge < -0.3 is 4.74 Å². The maximum atomic E-state index is 12.2. The minimum Gasteiger partial charge on any atom is -0.496 e. The van der Waals surface area contributed by atoms with Gasteiger partial charge in [0.05, 0.1) is 12.0 Å². The number of hydrogen-bond donors (Lipinski definition) is 1. The van der Waals surface area contributed by atoms with Crippen LogP contribution in [0.5, 0.6) is 5.75 Å². The summed E-state index contributed by atoms with van der Waals surface area (Å²) in [7, 11) is -2.01. The van der Waals surface area contributed by atoms with Gasteiger partial charge in [-0.3, -0.25) is 0 Å². The van der Waals surface area contributed by atoms with Crippen LogP contribution in [0.15, 0.2) is 47.4 Å². The fourth-order valence-corrected chi connectivity index (χ4v) is 3.40. The average Bonchev–Trinajstić information content (AvgIpc) is 2.46. The lowest BCUT2D eigenvalue weighted by Crippen LogP contribution is -2.23. The van der Waals surface area contributed by atoms with Crippen LogP contribution in [0.4, 0.5) is 0 Å². The molecule has 0 saturated carbocycles. The summed E-state index contributed by atoms with van der Waals surface area (Å²) in [5.74, 6) is 0.634. The number of benzene rings is 2. The third-order valence-electron chi connectivity index (χ3n) is 3.03. The molecule has 0 saturated heterocycles. The summed E-state index contributed by atoms with van der Waals surface area (Å²) in [4.78, 5) is 0.225. The molecule has 2 rings (SSSR count). The first kappa shape index (κ1) is 15.8. The van der Waals surface area contributed by atoms with Gasteiger partial charge in [0, 0.05) is 17.1 Å². The lowest BCUT2D eigenvalue weighted by Gasteiger charge is -2.13. The molecule has 4 nitrogen and oxygen atoms in total. The van der Waals surface area contributed by atoms with Crippen molar-refractivity contribution in [2.75, 3.05) is 7.11 Å². The zero-order valence-electron chi connectivity index (χ0n) is 11.8. The number of sulfonamides is 1. The van der Waals surface area contributed by atoms with E-state index in [1.54, 1.807) is 49.6 Å². The van der Waals surface area contributed by atoms with Crippen LogP contribution < -0.4 is 9.46 Å². The molecule has 0 aliphatic heterocycles. The van der Waals surface area contributed by atoms with Crippen molar-refractivity contribution >= 4 is 21.6 Å². The Kier molecular flexibility index (Phi) is 4.88. The van der Waals surface area contributed by atoms with E-state index < -0.39 is 10.0 Å². The first-order valence-electron chi connectivity index (χ1n) is 6.32. The Labute approximate surface area is 129 Å². The Balaban J connectivity index is 2.24. The summed E-state index contributed by atoms with van der Waals surface area (Å²) < 4.78 is 32.2.